The summed E-state index contributed by atoms with van der Waals surface area (Å²) < 4.78 is 22.7. The van der Waals surface area contributed by atoms with E-state index in [1.54, 1.807) is 0 Å². The first-order chi connectivity index (χ1) is 7.03. The number of carbonyl (C=O) groups is 1. The zero-order chi connectivity index (χ0) is 11.3. The smallest absolute Gasteiger partial charge is 0.221 e. The van der Waals surface area contributed by atoms with E-state index in [1.807, 2.05) is 6.92 Å². The molecule has 1 aliphatic rings. The molecule has 0 radical (unpaired) electrons. The van der Waals surface area contributed by atoms with Gasteiger partial charge in [-0.3, -0.25) is 4.79 Å². The van der Waals surface area contributed by atoms with Gasteiger partial charge in [-0.05, 0) is 6.42 Å². The van der Waals surface area contributed by atoms with Crippen molar-refractivity contribution in [2.24, 2.45) is 0 Å². The Labute approximate surface area is 90.5 Å². The molecule has 88 valence electrons. The summed E-state index contributed by atoms with van der Waals surface area (Å²) in [5.74, 6) is 0.436. The molecule has 0 saturated carbocycles. The summed E-state index contributed by atoms with van der Waals surface area (Å²) in [7, 11) is -2.90. The number of hydrogen-bond acceptors (Lipinski definition) is 4. The molecule has 2 N–H and O–H groups in total. The van der Waals surface area contributed by atoms with Crippen LogP contribution in [0.4, 0.5) is 0 Å². The third-order valence-corrected chi connectivity index (χ3v) is 4.20. The van der Waals surface area contributed by atoms with Crippen LogP contribution < -0.4 is 10.6 Å². The van der Waals surface area contributed by atoms with Crippen LogP contribution in [0, 0.1) is 0 Å². The van der Waals surface area contributed by atoms with Crippen molar-refractivity contribution in [3.05, 3.63) is 0 Å². The average molecular weight is 234 g/mol. The Morgan fingerprint density at radius 3 is 2.73 bits per heavy atom. The van der Waals surface area contributed by atoms with Gasteiger partial charge in [0.2, 0.25) is 5.91 Å². The van der Waals surface area contributed by atoms with Crippen molar-refractivity contribution in [2.45, 2.75) is 25.8 Å². The van der Waals surface area contributed by atoms with Gasteiger partial charge in [0.25, 0.3) is 0 Å². The highest BCUT2D eigenvalue weighted by molar-refractivity contribution is 7.91. The van der Waals surface area contributed by atoms with Crippen LogP contribution in [0.1, 0.15) is 19.8 Å². The summed E-state index contributed by atoms with van der Waals surface area (Å²) in [6, 6.07) is 0.0920. The molecular formula is C9H18N2O3S. The first-order valence-electron chi connectivity index (χ1n) is 5.24. The van der Waals surface area contributed by atoms with E-state index >= 15 is 0 Å². The molecule has 0 spiro atoms. The van der Waals surface area contributed by atoms with Crippen molar-refractivity contribution in [3.63, 3.8) is 0 Å². The molecule has 1 aliphatic heterocycles. The summed E-state index contributed by atoms with van der Waals surface area (Å²) in [6.45, 7) is 2.89. The molecule has 5 nitrogen and oxygen atoms in total. The molecule has 1 heterocycles. The molecule has 0 aliphatic carbocycles. The van der Waals surface area contributed by atoms with E-state index in [2.05, 4.69) is 10.6 Å². The molecule has 1 atom stereocenters. The van der Waals surface area contributed by atoms with Crippen molar-refractivity contribution in [1.82, 2.24) is 10.6 Å². The maximum absolute atomic E-state index is 11.3. The second-order valence-electron chi connectivity index (χ2n) is 3.81. The second-order valence-corrected chi connectivity index (χ2v) is 6.11. The van der Waals surface area contributed by atoms with Gasteiger partial charge < -0.3 is 10.6 Å². The van der Waals surface area contributed by atoms with Crippen LogP contribution in [0.3, 0.4) is 0 Å². The van der Waals surface area contributed by atoms with Gasteiger partial charge in [-0.2, -0.15) is 0 Å². The zero-order valence-electron chi connectivity index (χ0n) is 8.95. The molecular weight excluding hydrogens is 216 g/mol. The van der Waals surface area contributed by atoms with E-state index in [0.717, 1.165) is 0 Å². The van der Waals surface area contributed by atoms with E-state index in [4.69, 9.17) is 0 Å². The molecule has 0 aromatic rings. The second kappa shape index (κ2) is 5.46. The highest BCUT2D eigenvalue weighted by Crippen LogP contribution is 1.99. The van der Waals surface area contributed by atoms with Crippen molar-refractivity contribution < 1.29 is 13.2 Å². The molecule has 6 heteroatoms. The fraction of sp³-hybridized carbons (Fsp3) is 0.889. The van der Waals surface area contributed by atoms with Crippen LogP contribution in [0.15, 0.2) is 0 Å². The monoisotopic (exact) mass is 234 g/mol. The van der Waals surface area contributed by atoms with Crippen molar-refractivity contribution in [3.8, 4) is 0 Å². The Morgan fingerprint density at radius 2 is 2.20 bits per heavy atom. The topological polar surface area (TPSA) is 75.3 Å². The largest absolute Gasteiger partial charge is 0.354 e. The maximum Gasteiger partial charge on any atom is 0.221 e. The zero-order valence-corrected chi connectivity index (χ0v) is 9.77. The summed E-state index contributed by atoms with van der Waals surface area (Å²) >= 11 is 0. The van der Waals surface area contributed by atoms with Gasteiger partial charge in [-0.25, -0.2) is 8.42 Å². The Bertz CT molecular complexity index is 313. The third-order valence-electron chi connectivity index (χ3n) is 2.34. The minimum absolute atomic E-state index is 0.0314. The van der Waals surface area contributed by atoms with E-state index in [0.29, 0.717) is 25.9 Å². The average Bonchev–Trinajstić information content (AvgIpc) is 2.51. The summed E-state index contributed by atoms with van der Waals surface area (Å²) in [5.41, 5.74) is 0. The van der Waals surface area contributed by atoms with Crippen molar-refractivity contribution in [1.29, 1.82) is 0 Å². The third kappa shape index (κ3) is 4.61. The normalized spacial score (nSPS) is 21.7. The Balaban J connectivity index is 2.19. The van der Waals surface area contributed by atoms with Gasteiger partial charge in [-0.1, -0.05) is 6.92 Å². The van der Waals surface area contributed by atoms with Crippen molar-refractivity contribution >= 4 is 15.7 Å². The van der Waals surface area contributed by atoms with E-state index in [9.17, 15) is 13.2 Å². The Hall–Kier alpha value is -0.620. The first-order valence-corrected chi connectivity index (χ1v) is 7.06. The molecule has 1 unspecified atom stereocenters. The number of rotatable bonds is 6. The highest BCUT2D eigenvalue weighted by atomic mass is 32.2. The minimum atomic E-state index is -2.90. The highest BCUT2D eigenvalue weighted by Gasteiger charge is 2.21. The van der Waals surface area contributed by atoms with E-state index < -0.39 is 9.84 Å². The lowest BCUT2D eigenvalue weighted by molar-refractivity contribution is -0.119. The van der Waals surface area contributed by atoms with Gasteiger partial charge in [0.1, 0.15) is 0 Å². The van der Waals surface area contributed by atoms with Crippen LogP contribution in [-0.2, 0) is 14.6 Å². The Kier molecular flexibility index (Phi) is 4.53. The summed E-state index contributed by atoms with van der Waals surface area (Å²) in [4.78, 5) is 10.8. The van der Waals surface area contributed by atoms with Crippen LogP contribution in [0.5, 0.6) is 0 Å². The van der Waals surface area contributed by atoms with Crippen LogP contribution in [-0.4, -0.2) is 45.0 Å². The molecule has 1 saturated heterocycles. The number of nitrogens with one attached hydrogen (secondary N) is 2. The van der Waals surface area contributed by atoms with Crippen LogP contribution in [0.2, 0.25) is 0 Å². The van der Waals surface area contributed by atoms with Gasteiger partial charge in [-0.15, -0.1) is 0 Å². The number of amides is 1. The molecule has 1 fully saturated rings. The molecule has 0 aromatic carbocycles. The quantitative estimate of drug-likeness (QED) is 0.636. The Morgan fingerprint density at radius 1 is 1.47 bits per heavy atom. The minimum Gasteiger partial charge on any atom is -0.354 e. The lowest BCUT2D eigenvalue weighted by atomic mass is 10.2. The molecule has 1 amide bonds. The van der Waals surface area contributed by atoms with Gasteiger partial charge in [0, 0.05) is 31.3 Å². The molecule has 1 rings (SSSR count). The van der Waals surface area contributed by atoms with E-state index in [-0.39, 0.29) is 23.5 Å². The van der Waals surface area contributed by atoms with Gasteiger partial charge >= 0.3 is 0 Å². The van der Waals surface area contributed by atoms with E-state index in [1.165, 1.54) is 0 Å². The van der Waals surface area contributed by atoms with Crippen LogP contribution >= 0.6 is 0 Å². The van der Waals surface area contributed by atoms with Crippen LogP contribution in [0.25, 0.3) is 0 Å². The van der Waals surface area contributed by atoms with Crippen molar-refractivity contribution in [2.75, 3.05) is 24.6 Å². The summed E-state index contributed by atoms with van der Waals surface area (Å²) in [6.07, 6.45) is 1.11. The fourth-order valence-corrected chi connectivity index (χ4v) is 2.84. The SMILES string of the molecule is CCCS(=O)(=O)CCNC1CNC(=O)C1. The predicted molar refractivity (Wildman–Crippen MR) is 58.4 cm³/mol. The maximum atomic E-state index is 11.3. The first kappa shape index (κ1) is 12.4. The standard InChI is InChI=1S/C9H18N2O3S/c1-2-4-15(13,14)5-3-10-8-6-9(12)11-7-8/h8,10H,2-7H2,1H3,(H,11,12). The molecule has 15 heavy (non-hydrogen) atoms. The van der Waals surface area contributed by atoms with Gasteiger partial charge in [0.05, 0.1) is 5.75 Å². The fourth-order valence-electron chi connectivity index (χ4n) is 1.58. The summed E-state index contributed by atoms with van der Waals surface area (Å²) in [5, 5.41) is 5.76. The van der Waals surface area contributed by atoms with Gasteiger partial charge in [0.15, 0.2) is 9.84 Å². The lowest BCUT2D eigenvalue weighted by Crippen LogP contribution is -2.35. The lowest BCUT2D eigenvalue weighted by Gasteiger charge is -2.09. The predicted octanol–water partition coefficient (Wildman–Crippen LogP) is -0.711. The molecule has 0 aromatic heterocycles. The number of carbonyl (C=O) groups excluding carboxylic acids is 1. The number of hydrogen-bond donors (Lipinski definition) is 2. The number of sulfone groups is 1. The molecule has 0 bridgehead atoms.